The molecule has 108 valence electrons. The molecule has 1 aliphatic heterocycles. The van der Waals surface area contributed by atoms with Crippen LogP contribution in [0.4, 0.5) is 13.2 Å². The Morgan fingerprint density at radius 3 is 2.44 bits per heavy atom. The van der Waals surface area contributed by atoms with Crippen LogP contribution in [0.5, 0.6) is 0 Å². The van der Waals surface area contributed by atoms with Gasteiger partial charge >= 0.3 is 6.18 Å². The third-order valence-electron chi connectivity index (χ3n) is 3.96. The molecule has 1 fully saturated rings. The van der Waals surface area contributed by atoms with Crippen LogP contribution >= 0.6 is 0 Å². The molecule has 1 rings (SSSR count). The van der Waals surface area contributed by atoms with Crippen LogP contribution < -0.4 is 0 Å². The summed E-state index contributed by atoms with van der Waals surface area (Å²) in [6.45, 7) is 4.73. The predicted molar refractivity (Wildman–Crippen MR) is 68.6 cm³/mol. The maximum absolute atomic E-state index is 12.8. The molecule has 0 bridgehead atoms. The van der Waals surface area contributed by atoms with E-state index in [2.05, 4.69) is 6.92 Å². The molecule has 0 saturated carbocycles. The fourth-order valence-electron chi connectivity index (χ4n) is 2.88. The monoisotopic (exact) mass is 265 g/mol. The molecule has 2 atom stereocenters. The first-order valence-electron chi connectivity index (χ1n) is 7.29. The lowest BCUT2D eigenvalue weighted by Gasteiger charge is -2.32. The molecule has 1 unspecified atom stereocenters. The molecular weight excluding hydrogens is 239 g/mol. The zero-order valence-electron chi connectivity index (χ0n) is 11.6. The SMILES string of the molecule is CCCCCCCC(C)N1CCC[C@H]1C(F)(F)F. The third-order valence-corrected chi connectivity index (χ3v) is 3.96. The summed E-state index contributed by atoms with van der Waals surface area (Å²) < 4.78 is 38.5. The Balaban J connectivity index is 2.30. The average molecular weight is 265 g/mol. The molecule has 0 amide bonds. The van der Waals surface area contributed by atoms with Gasteiger partial charge in [0.1, 0.15) is 6.04 Å². The first-order valence-corrected chi connectivity index (χ1v) is 7.29. The van der Waals surface area contributed by atoms with Gasteiger partial charge in [-0.2, -0.15) is 13.2 Å². The largest absolute Gasteiger partial charge is 0.404 e. The van der Waals surface area contributed by atoms with Crippen molar-refractivity contribution in [2.75, 3.05) is 6.54 Å². The van der Waals surface area contributed by atoms with Gasteiger partial charge in [0, 0.05) is 6.04 Å². The van der Waals surface area contributed by atoms with E-state index >= 15 is 0 Å². The van der Waals surface area contributed by atoms with Gasteiger partial charge in [-0.1, -0.05) is 39.0 Å². The second-order valence-electron chi connectivity index (χ2n) is 5.49. The van der Waals surface area contributed by atoms with Crippen molar-refractivity contribution in [2.45, 2.75) is 83.5 Å². The number of rotatable bonds is 7. The van der Waals surface area contributed by atoms with Crippen molar-refractivity contribution < 1.29 is 13.2 Å². The van der Waals surface area contributed by atoms with Crippen LogP contribution in [0, 0.1) is 0 Å². The Hall–Kier alpha value is -0.250. The van der Waals surface area contributed by atoms with Crippen LogP contribution in [0.15, 0.2) is 0 Å². The summed E-state index contributed by atoms with van der Waals surface area (Å²) in [6, 6.07) is -1.12. The van der Waals surface area contributed by atoms with E-state index in [1.54, 1.807) is 4.90 Å². The molecule has 18 heavy (non-hydrogen) atoms. The Morgan fingerprint density at radius 1 is 1.17 bits per heavy atom. The lowest BCUT2D eigenvalue weighted by Crippen LogP contribution is -2.45. The minimum absolute atomic E-state index is 0.0701. The first kappa shape index (κ1) is 15.8. The van der Waals surface area contributed by atoms with Crippen molar-refractivity contribution in [1.29, 1.82) is 0 Å². The van der Waals surface area contributed by atoms with Crippen LogP contribution in [0.3, 0.4) is 0 Å². The Bertz CT molecular complexity index is 228. The molecule has 0 aromatic rings. The van der Waals surface area contributed by atoms with E-state index in [0.717, 1.165) is 19.3 Å². The number of halogens is 3. The van der Waals surface area contributed by atoms with E-state index in [9.17, 15) is 13.2 Å². The van der Waals surface area contributed by atoms with Gasteiger partial charge in [0.2, 0.25) is 0 Å². The average Bonchev–Trinajstić information content (AvgIpc) is 2.77. The molecule has 0 spiro atoms. The lowest BCUT2D eigenvalue weighted by molar-refractivity contribution is -0.180. The number of nitrogens with zero attached hydrogens (tertiary/aromatic N) is 1. The van der Waals surface area contributed by atoms with Gasteiger partial charge in [-0.25, -0.2) is 0 Å². The van der Waals surface area contributed by atoms with E-state index < -0.39 is 12.2 Å². The van der Waals surface area contributed by atoms with Gasteiger partial charge in [0.05, 0.1) is 0 Å². The second-order valence-corrected chi connectivity index (χ2v) is 5.49. The van der Waals surface area contributed by atoms with Crippen molar-refractivity contribution in [3.05, 3.63) is 0 Å². The molecule has 1 heterocycles. The molecule has 1 saturated heterocycles. The molecule has 0 aliphatic carbocycles. The lowest BCUT2D eigenvalue weighted by atomic mass is 10.1. The van der Waals surface area contributed by atoms with Crippen LogP contribution in [-0.2, 0) is 0 Å². The zero-order valence-corrected chi connectivity index (χ0v) is 11.6. The van der Waals surface area contributed by atoms with E-state index in [4.69, 9.17) is 0 Å². The van der Waals surface area contributed by atoms with Crippen molar-refractivity contribution in [2.24, 2.45) is 0 Å². The standard InChI is InChI=1S/C14H26F3N/c1-3-4-5-6-7-9-12(2)18-11-8-10-13(18)14(15,16)17/h12-13H,3-11H2,1-2H3/t12?,13-/m0/s1. The van der Waals surface area contributed by atoms with Crippen LogP contribution in [-0.4, -0.2) is 29.7 Å². The first-order chi connectivity index (χ1) is 8.46. The number of likely N-dealkylation sites (tertiary alicyclic amines) is 1. The summed E-state index contributed by atoms with van der Waals surface area (Å²) in [5.41, 5.74) is 0. The molecule has 0 aromatic carbocycles. The highest BCUT2D eigenvalue weighted by atomic mass is 19.4. The van der Waals surface area contributed by atoms with Gasteiger partial charge in [-0.15, -0.1) is 0 Å². The van der Waals surface area contributed by atoms with Gasteiger partial charge in [-0.3, -0.25) is 4.90 Å². The molecular formula is C14H26F3N. The van der Waals surface area contributed by atoms with Gasteiger partial charge in [0.25, 0.3) is 0 Å². The maximum atomic E-state index is 12.8. The molecule has 1 nitrogen and oxygen atoms in total. The highest BCUT2D eigenvalue weighted by molar-refractivity contribution is 4.87. The zero-order chi connectivity index (χ0) is 13.6. The summed E-state index contributed by atoms with van der Waals surface area (Å²) in [7, 11) is 0. The van der Waals surface area contributed by atoms with Gasteiger partial charge in [0.15, 0.2) is 0 Å². The van der Waals surface area contributed by atoms with Crippen molar-refractivity contribution >= 4 is 0 Å². The minimum Gasteiger partial charge on any atom is -0.290 e. The Labute approximate surface area is 109 Å². The molecule has 0 aromatic heterocycles. The van der Waals surface area contributed by atoms with Crippen molar-refractivity contribution in [3.8, 4) is 0 Å². The Kier molecular flexibility index (Phi) is 6.47. The van der Waals surface area contributed by atoms with Crippen LogP contribution in [0.1, 0.15) is 65.2 Å². The van der Waals surface area contributed by atoms with Crippen molar-refractivity contribution in [3.63, 3.8) is 0 Å². The molecule has 1 aliphatic rings. The van der Waals surface area contributed by atoms with Gasteiger partial charge in [-0.05, 0) is 32.7 Å². The summed E-state index contributed by atoms with van der Waals surface area (Å²) >= 11 is 0. The third kappa shape index (κ3) is 4.79. The quantitative estimate of drug-likeness (QED) is 0.600. The minimum atomic E-state index is -4.05. The molecule has 4 heteroatoms. The Morgan fingerprint density at radius 2 is 1.83 bits per heavy atom. The fourth-order valence-corrected chi connectivity index (χ4v) is 2.88. The van der Waals surface area contributed by atoms with E-state index in [1.807, 2.05) is 6.92 Å². The highest BCUT2D eigenvalue weighted by Crippen LogP contribution is 2.34. The summed E-state index contributed by atoms with van der Waals surface area (Å²) in [5.74, 6) is 0. The van der Waals surface area contributed by atoms with E-state index in [1.165, 1.54) is 19.3 Å². The molecule has 0 N–H and O–H groups in total. The summed E-state index contributed by atoms with van der Waals surface area (Å²) in [4.78, 5) is 1.67. The number of hydrogen-bond donors (Lipinski definition) is 0. The maximum Gasteiger partial charge on any atom is 0.404 e. The predicted octanol–water partition coefficient (Wildman–Crippen LogP) is 4.76. The number of hydrogen-bond acceptors (Lipinski definition) is 1. The number of unbranched alkanes of at least 4 members (excludes halogenated alkanes) is 4. The number of alkyl halides is 3. The highest BCUT2D eigenvalue weighted by Gasteiger charge is 2.46. The molecule has 0 radical (unpaired) electrons. The van der Waals surface area contributed by atoms with E-state index in [-0.39, 0.29) is 12.5 Å². The van der Waals surface area contributed by atoms with Crippen LogP contribution in [0.25, 0.3) is 0 Å². The fraction of sp³-hybridized carbons (Fsp3) is 1.00. The van der Waals surface area contributed by atoms with Crippen molar-refractivity contribution in [1.82, 2.24) is 4.90 Å². The normalized spacial score (nSPS) is 23.5. The topological polar surface area (TPSA) is 3.24 Å². The second kappa shape index (κ2) is 7.37. The van der Waals surface area contributed by atoms with Crippen LogP contribution in [0.2, 0.25) is 0 Å². The van der Waals surface area contributed by atoms with E-state index in [0.29, 0.717) is 13.0 Å². The summed E-state index contributed by atoms with van der Waals surface area (Å²) in [5, 5.41) is 0. The smallest absolute Gasteiger partial charge is 0.290 e. The summed E-state index contributed by atoms with van der Waals surface area (Å²) in [6.07, 6.45) is 3.69. The van der Waals surface area contributed by atoms with Gasteiger partial charge < -0.3 is 0 Å².